The second kappa shape index (κ2) is 4.24. The zero-order valence-corrected chi connectivity index (χ0v) is 12.0. The smallest absolute Gasteiger partial charge is 0.0638 e. The summed E-state index contributed by atoms with van der Waals surface area (Å²) >= 11 is 0. The van der Waals surface area contributed by atoms with Crippen molar-refractivity contribution >= 4 is 0 Å². The molecule has 5 atom stereocenters. The van der Waals surface area contributed by atoms with Crippen molar-refractivity contribution in [2.75, 3.05) is 0 Å². The van der Waals surface area contributed by atoms with Crippen molar-refractivity contribution in [2.24, 2.45) is 17.3 Å². The molecule has 0 unspecified atom stereocenters. The van der Waals surface area contributed by atoms with Crippen LogP contribution in [0.5, 0.6) is 0 Å². The van der Waals surface area contributed by atoms with Crippen molar-refractivity contribution in [1.82, 2.24) is 0 Å². The molecular weight excluding hydrogens is 212 g/mol. The number of aliphatic hydroxyl groups excluding tert-OH is 1. The third kappa shape index (κ3) is 2.39. The largest absolute Gasteiger partial charge is 0.393 e. The fraction of sp³-hybridized carbons (Fsp3) is 1.00. The molecule has 2 aliphatic rings. The molecule has 0 bridgehead atoms. The number of rotatable bonds is 1. The fourth-order valence-corrected chi connectivity index (χ4v) is 4.05. The lowest BCUT2D eigenvalue weighted by Crippen LogP contribution is -2.46. The average Bonchev–Trinajstić information content (AvgIpc) is 2.50. The van der Waals surface area contributed by atoms with Crippen LogP contribution in [0, 0.1) is 17.3 Å². The van der Waals surface area contributed by atoms with Crippen LogP contribution < -0.4 is 0 Å². The Labute approximate surface area is 106 Å². The van der Waals surface area contributed by atoms with Crippen molar-refractivity contribution in [3.05, 3.63) is 0 Å². The topological polar surface area (TPSA) is 29.5 Å². The summed E-state index contributed by atoms with van der Waals surface area (Å²) in [5, 5.41) is 10.0. The third-order valence-electron chi connectivity index (χ3n) is 5.04. The van der Waals surface area contributed by atoms with Crippen LogP contribution in [0.25, 0.3) is 0 Å². The van der Waals surface area contributed by atoms with E-state index in [0.29, 0.717) is 17.9 Å². The van der Waals surface area contributed by atoms with Crippen LogP contribution in [0.1, 0.15) is 60.3 Å². The highest BCUT2D eigenvalue weighted by molar-refractivity contribution is 5.03. The van der Waals surface area contributed by atoms with E-state index >= 15 is 0 Å². The molecule has 0 heterocycles. The average molecular weight is 240 g/mol. The Bertz CT molecular complexity index is 281. The van der Waals surface area contributed by atoms with E-state index in [1.807, 2.05) is 0 Å². The quantitative estimate of drug-likeness (QED) is 0.761. The molecule has 0 aliphatic heterocycles. The molecule has 0 saturated heterocycles. The maximum atomic E-state index is 10.0. The molecule has 2 heteroatoms. The number of fused-ring (bicyclic) bond motifs is 1. The second-order valence-electron chi connectivity index (χ2n) is 7.37. The molecule has 0 spiro atoms. The molecule has 1 N–H and O–H groups in total. The van der Waals surface area contributed by atoms with E-state index in [1.165, 1.54) is 6.42 Å². The SMILES string of the molecule is C[C@H]1[C@@H](O)CC[C@]2(C)[C@@H](OC(C)(C)C)CC[C@@H]12. The zero-order valence-electron chi connectivity index (χ0n) is 12.0. The monoisotopic (exact) mass is 240 g/mol. The van der Waals surface area contributed by atoms with Crippen molar-refractivity contribution < 1.29 is 9.84 Å². The molecule has 0 amide bonds. The van der Waals surface area contributed by atoms with Gasteiger partial charge in [0.05, 0.1) is 17.8 Å². The molecule has 2 nitrogen and oxygen atoms in total. The minimum atomic E-state index is -0.0959. The Balaban J connectivity index is 2.14. The van der Waals surface area contributed by atoms with Crippen LogP contribution in [0.4, 0.5) is 0 Å². The van der Waals surface area contributed by atoms with E-state index < -0.39 is 0 Å². The molecular formula is C15H28O2. The predicted molar refractivity (Wildman–Crippen MR) is 69.9 cm³/mol. The maximum Gasteiger partial charge on any atom is 0.0638 e. The number of ether oxygens (including phenoxy) is 1. The molecule has 2 rings (SSSR count). The van der Waals surface area contributed by atoms with E-state index in [9.17, 15) is 5.11 Å². The van der Waals surface area contributed by atoms with E-state index in [-0.39, 0.29) is 17.1 Å². The highest BCUT2D eigenvalue weighted by atomic mass is 16.5. The first kappa shape index (κ1) is 13.4. The van der Waals surface area contributed by atoms with Gasteiger partial charge in [0.15, 0.2) is 0 Å². The van der Waals surface area contributed by atoms with Crippen LogP contribution in [0.3, 0.4) is 0 Å². The first-order chi connectivity index (χ1) is 7.74. The van der Waals surface area contributed by atoms with Gasteiger partial charge in [-0.2, -0.15) is 0 Å². The van der Waals surface area contributed by atoms with Gasteiger partial charge in [0, 0.05) is 0 Å². The fourth-order valence-electron chi connectivity index (χ4n) is 4.05. The number of hydrogen-bond acceptors (Lipinski definition) is 2. The Morgan fingerprint density at radius 2 is 1.82 bits per heavy atom. The van der Waals surface area contributed by atoms with Crippen LogP contribution in [-0.2, 0) is 4.74 Å². The maximum absolute atomic E-state index is 10.0. The minimum Gasteiger partial charge on any atom is -0.393 e. The summed E-state index contributed by atoms with van der Waals surface area (Å²) < 4.78 is 6.27. The van der Waals surface area contributed by atoms with Gasteiger partial charge in [-0.3, -0.25) is 0 Å². The summed E-state index contributed by atoms with van der Waals surface area (Å²) in [4.78, 5) is 0. The first-order valence-electron chi connectivity index (χ1n) is 7.10. The lowest BCUT2D eigenvalue weighted by atomic mass is 9.63. The number of hydrogen-bond donors (Lipinski definition) is 1. The minimum absolute atomic E-state index is 0.0537. The van der Waals surface area contributed by atoms with Crippen LogP contribution in [-0.4, -0.2) is 22.9 Å². The zero-order chi connectivity index (χ0) is 12.8. The molecule has 0 radical (unpaired) electrons. The van der Waals surface area contributed by atoms with Crippen LogP contribution in [0.15, 0.2) is 0 Å². The van der Waals surface area contributed by atoms with Gasteiger partial charge in [0.1, 0.15) is 0 Å². The summed E-state index contributed by atoms with van der Waals surface area (Å²) in [5.41, 5.74) is 0.230. The highest BCUT2D eigenvalue weighted by Gasteiger charge is 2.53. The molecule has 2 saturated carbocycles. The molecule has 0 aromatic rings. The van der Waals surface area contributed by atoms with Gasteiger partial charge in [0.2, 0.25) is 0 Å². The highest BCUT2D eigenvalue weighted by Crippen LogP contribution is 2.55. The summed E-state index contributed by atoms with van der Waals surface area (Å²) in [7, 11) is 0. The van der Waals surface area contributed by atoms with Crippen molar-refractivity contribution in [3.8, 4) is 0 Å². The van der Waals surface area contributed by atoms with E-state index in [0.717, 1.165) is 19.3 Å². The summed E-state index contributed by atoms with van der Waals surface area (Å²) in [6, 6.07) is 0. The molecule has 0 aromatic heterocycles. The Kier molecular flexibility index (Phi) is 3.33. The first-order valence-corrected chi connectivity index (χ1v) is 7.10. The summed E-state index contributed by atoms with van der Waals surface area (Å²) in [6.45, 7) is 11.0. The second-order valence-corrected chi connectivity index (χ2v) is 7.37. The molecule has 17 heavy (non-hydrogen) atoms. The van der Waals surface area contributed by atoms with Crippen molar-refractivity contribution in [1.29, 1.82) is 0 Å². The van der Waals surface area contributed by atoms with Crippen molar-refractivity contribution in [2.45, 2.75) is 78.1 Å². The standard InChI is InChI=1S/C15H28O2/c1-10-11-6-7-13(17-14(2,3)4)15(11,5)9-8-12(10)16/h10-13,16H,6-9H2,1-5H3/t10-,11+,12+,13+,15+/m1/s1. The van der Waals surface area contributed by atoms with E-state index in [1.54, 1.807) is 0 Å². The Morgan fingerprint density at radius 1 is 1.18 bits per heavy atom. The third-order valence-corrected chi connectivity index (χ3v) is 5.04. The predicted octanol–water partition coefficient (Wildman–Crippen LogP) is 3.38. The number of aliphatic hydroxyl groups is 1. The summed E-state index contributed by atoms with van der Waals surface area (Å²) in [5.74, 6) is 1.07. The van der Waals surface area contributed by atoms with Crippen LogP contribution in [0.2, 0.25) is 0 Å². The van der Waals surface area contributed by atoms with E-state index in [2.05, 4.69) is 34.6 Å². The lowest BCUT2D eigenvalue weighted by molar-refractivity contribution is -0.134. The Hall–Kier alpha value is -0.0800. The molecule has 2 aliphatic carbocycles. The van der Waals surface area contributed by atoms with Crippen LogP contribution >= 0.6 is 0 Å². The van der Waals surface area contributed by atoms with E-state index in [4.69, 9.17) is 4.74 Å². The van der Waals surface area contributed by atoms with Gasteiger partial charge < -0.3 is 9.84 Å². The molecule has 0 aromatic carbocycles. The van der Waals surface area contributed by atoms with Gasteiger partial charge in [0.25, 0.3) is 0 Å². The lowest BCUT2D eigenvalue weighted by Gasteiger charge is -2.47. The van der Waals surface area contributed by atoms with Gasteiger partial charge in [-0.25, -0.2) is 0 Å². The van der Waals surface area contributed by atoms with Gasteiger partial charge in [-0.15, -0.1) is 0 Å². The van der Waals surface area contributed by atoms with Gasteiger partial charge in [-0.05, 0) is 63.7 Å². The normalized spacial score (nSPS) is 46.9. The summed E-state index contributed by atoms with van der Waals surface area (Å²) in [6.07, 6.45) is 4.72. The molecule has 2 fully saturated rings. The molecule has 100 valence electrons. The van der Waals surface area contributed by atoms with Crippen molar-refractivity contribution in [3.63, 3.8) is 0 Å². The Morgan fingerprint density at radius 3 is 2.41 bits per heavy atom. The van der Waals surface area contributed by atoms with Gasteiger partial charge in [-0.1, -0.05) is 13.8 Å². The van der Waals surface area contributed by atoms with Gasteiger partial charge >= 0.3 is 0 Å².